The maximum atomic E-state index is 3.95. The molecular weight excluding hydrogens is 360 g/mol. The number of allylic oxidation sites excluding steroid dienone is 11. The topological polar surface area (TPSA) is 0 Å². The molecule has 0 fully saturated rings. The van der Waals surface area contributed by atoms with Crippen LogP contribution >= 0.6 is 0 Å². The zero-order valence-electron chi connectivity index (χ0n) is 18.3. The molecule has 0 unspecified atom stereocenters. The van der Waals surface area contributed by atoms with Crippen molar-refractivity contribution in [1.29, 1.82) is 0 Å². The molecule has 0 atom stereocenters. The van der Waals surface area contributed by atoms with E-state index in [9.17, 15) is 0 Å². The second-order valence-corrected chi connectivity index (χ2v) is 8.21. The Morgan fingerprint density at radius 1 is 1.00 bits per heavy atom. The van der Waals surface area contributed by atoms with E-state index in [0.717, 1.165) is 19.3 Å². The van der Waals surface area contributed by atoms with Gasteiger partial charge in [0.15, 0.2) is 0 Å². The van der Waals surface area contributed by atoms with Gasteiger partial charge in [-0.05, 0) is 102 Å². The van der Waals surface area contributed by atoms with Crippen molar-refractivity contribution in [3.8, 4) is 11.1 Å². The molecule has 0 aromatic heterocycles. The molecule has 4 rings (SSSR count). The standard InChI is InChI=1S/C30H30/c1-5-23(6-2)19-26-13-9-15-30(26)27-12-8-11-24(20-27)25-16-17-29(22(4)18-25)28-14-7-10-21(28)3/h5-8,10-13,15-18,20H,1,9,14,19H2,2-4H3/b23-6+. The maximum absolute atomic E-state index is 3.95. The van der Waals surface area contributed by atoms with Crippen molar-refractivity contribution in [1.82, 2.24) is 0 Å². The summed E-state index contributed by atoms with van der Waals surface area (Å²) >= 11 is 0. The Labute approximate surface area is 181 Å². The zero-order chi connectivity index (χ0) is 21.1. The fourth-order valence-corrected chi connectivity index (χ4v) is 4.53. The summed E-state index contributed by atoms with van der Waals surface area (Å²) in [6.45, 7) is 10.5. The summed E-state index contributed by atoms with van der Waals surface area (Å²) in [6.07, 6.45) is 16.3. The third-order valence-electron chi connectivity index (χ3n) is 6.28. The average molecular weight is 391 g/mol. The summed E-state index contributed by atoms with van der Waals surface area (Å²) < 4.78 is 0. The first-order chi connectivity index (χ1) is 14.6. The predicted molar refractivity (Wildman–Crippen MR) is 132 cm³/mol. The molecule has 0 N–H and O–H groups in total. The molecule has 30 heavy (non-hydrogen) atoms. The highest BCUT2D eigenvalue weighted by atomic mass is 14.2. The highest BCUT2D eigenvalue weighted by Crippen LogP contribution is 2.36. The van der Waals surface area contributed by atoms with Crippen LogP contribution in [0.4, 0.5) is 0 Å². The summed E-state index contributed by atoms with van der Waals surface area (Å²) in [5, 5.41) is 0. The van der Waals surface area contributed by atoms with Crippen LogP contribution in [0.1, 0.15) is 49.8 Å². The summed E-state index contributed by atoms with van der Waals surface area (Å²) in [7, 11) is 0. The fraction of sp³-hybridized carbons (Fsp3) is 0.200. The SMILES string of the molecule is C=C/C(=C\C)CC1=CCC=C1c1cccc(-c2ccc(C3=C(C)C=CC3)c(C)c2)c1. The van der Waals surface area contributed by atoms with Gasteiger partial charge in [-0.3, -0.25) is 0 Å². The van der Waals surface area contributed by atoms with Crippen molar-refractivity contribution in [3.63, 3.8) is 0 Å². The molecule has 0 saturated heterocycles. The van der Waals surface area contributed by atoms with E-state index in [1.807, 2.05) is 6.08 Å². The van der Waals surface area contributed by atoms with Crippen LogP contribution in [0.15, 0.2) is 102 Å². The third-order valence-corrected chi connectivity index (χ3v) is 6.28. The Morgan fingerprint density at radius 2 is 1.80 bits per heavy atom. The monoisotopic (exact) mass is 390 g/mol. The van der Waals surface area contributed by atoms with Gasteiger partial charge in [-0.25, -0.2) is 0 Å². The van der Waals surface area contributed by atoms with E-state index in [1.165, 1.54) is 55.7 Å². The van der Waals surface area contributed by atoms with Gasteiger partial charge in [0.1, 0.15) is 0 Å². The van der Waals surface area contributed by atoms with Crippen LogP contribution in [0, 0.1) is 6.92 Å². The second kappa shape index (κ2) is 8.71. The Balaban J connectivity index is 1.63. The van der Waals surface area contributed by atoms with E-state index in [4.69, 9.17) is 0 Å². The minimum Gasteiger partial charge on any atom is -0.0988 e. The van der Waals surface area contributed by atoms with E-state index in [0.29, 0.717) is 0 Å². The lowest BCUT2D eigenvalue weighted by Crippen LogP contribution is -1.92. The molecule has 0 radical (unpaired) electrons. The smallest absolute Gasteiger partial charge is 0.00263 e. The molecule has 0 heterocycles. The van der Waals surface area contributed by atoms with E-state index in [-0.39, 0.29) is 0 Å². The summed E-state index contributed by atoms with van der Waals surface area (Å²) in [5.74, 6) is 0. The van der Waals surface area contributed by atoms with Crippen LogP contribution in [0.5, 0.6) is 0 Å². The van der Waals surface area contributed by atoms with E-state index in [1.54, 1.807) is 0 Å². The van der Waals surface area contributed by atoms with Gasteiger partial charge in [0, 0.05) is 0 Å². The minimum absolute atomic E-state index is 0.951. The molecule has 0 bridgehead atoms. The van der Waals surface area contributed by atoms with Gasteiger partial charge >= 0.3 is 0 Å². The van der Waals surface area contributed by atoms with E-state index in [2.05, 4.69) is 100 Å². The number of aryl methyl sites for hydroxylation is 1. The van der Waals surface area contributed by atoms with Gasteiger partial charge in [-0.1, -0.05) is 79.4 Å². The van der Waals surface area contributed by atoms with Crippen molar-refractivity contribution >= 4 is 11.1 Å². The van der Waals surface area contributed by atoms with Crippen LogP contribution in [0.25, 0.3) is 22.3 Å². The Morgan fingerprint density at radius 3 is 2.50 bits per heavy atom. The molecule has 2 aromatic carbocycles. The maximum Gasteiger partial charge on any atom is -0.00263 e. The van der Waals surface area contributed by atoms with Gasteiger partial charge in [0.05, 0.1) is 0 Å². The molecule has 2 aliphatic rings. The lowest BCUT2D eigenvalue weighted by atomic mass is 9.91. The highest BCUT2D eigenvalue weighted by molar-refractivity contribution is 5.85. The summed E-state index contributed by atoms with van der Waals surface area (Å²) in [6, 6.07) is 15.9. The normalized spacial score (nSPS) is 16.2. The van der Waals surface area contributed by atoms with Crippen molar-refractivity contribution in [2.24, 2.45) is 0 Å². The minimum atomic E-state index is 0.951. The first kappa shape index (κ1) is 20.2. The van der Waals surface area contributed by atoms with Crippen LogP contribution < -0.4 is 0 Å². The molecule has 0 saturated carbocycles. The molecule has 2 aromatic rings. The van der Waals surface area contributed by atoms with Gasteiger partial charge < -0.3 is 0 Å². The van der Waals surface area contributed by atoms with Crippen LogP contribution in [0.2, 0.25) is 0 Å². The van der Waals surface area contributed by atoms with Gasteiger partial charge in [0.25, 0.3) is 0 Å². The summed E-state index contributed by atoms with van der Waals surface area (Å²) in [5.41, 5.74) is 13.5. The Kier molecular flexibility index (Phi) is 5.86. The van der Waals surface area contributed by atoms with E-state index >= 15 is 0 Å². The number of benzene rings is 2. The molecule has 0 amide bonds. The van der Waals surface area contributed by atoms with Crippen molar-refractivity contribution < 1.29 is 0 Å². The molecule has 150 valence electrons. The number of hydrogen-bond donors (Lipinski definition) is 0. The van der Waals surface area contributed by atoms with Gasteiger partial charge in [0.2, 0.25) is 0 Å². The fourth-order valence-electron chi connectivity index (χ4n) is 4.53. The Bertz CT molecular complexity index is 1140. The molecule has 2 aliphatic carbocycles. The van der Waals surface area contributed by atoms with Gasteiger partial charge in [-0.2, -0.15) is 0 Å². The van der Waals surface area contributed by atoms with Crippen LogP contribution in [-0.2, 0) is 0 Å². The first-order valence-electron chi connectivity index (χ1n) is 10.9. The lowest BCUT2D eigenvalue weighted by molar-refractivity contribution is 1.20. The first-order valence-corrected chi connectivity index (χ1v) is 10.9. The molecule has 0 aliphatic heterocycles. The van der Waals surface area contributed by atoms with Gasteiger partial charge in [-0.15, -0.1) is 0 Å². The van der Waals surface area contributed by atoms with Crippen LogP contribution in [-0.4, -0.2) is 0 Å². The zero-order valence-corrected chi connectivity index (χ0v) is 18.3. The highest BCUT2D eigenvalue weighted by Gasteiger charge is 2.15. The number of hydrogen-bond acceptors (Lipinski definition) is 0. The van der Waals surface area contributed by atoms with Crippen molar-refractivity contribution in [3.05, 3.63) is 119 Å². The quantitative estimate of drug-likeness (QED) is 0.433. The van der Waals surface area contributed by atoms with Crippen molar-refractivity contribution in [2.45, 2.75) is 40.0 Å². The molecule has 0 spiro atoms. The molecule has 0 heteroatoms. The van der Waals surface area contributed by atoms with Crippen molar-refractivity contribution in [2.75, 3.05) is 0 Å². The van der Waals surface area contributed by atoms with E-state index < -0.39 is 0 Å². The lowest BCUT2D eigenvalue weighted by Gasteiger charge is -2.14. The Hall–Kier alpha value is -3.12. The summed E-state index contributed by atoms with van der Waals surface area (Å²) in [4.78, 5) is 0. The average Bonchev–Trinajstić information content (AvgIpc) is 3.41. The molecular formula is C30H30. The third kappa shape index (κ3) is 3.96. The largest absolute Gasteiger partial charge is 0.0988 e. The second-order valence-electron chi connectivity index (χ2n) is 8.21. The predicted octanol–water partition coefficient (Wildman–Crippen LogP) is 8.63. The van der Waals surface area contributed by atoms with Crippen LogP contribution in [0.3, 0.4) is 0 Å². The number of rotatable bonds is 6. The molecule has 0 nitrogen and oxygen atoms in total.